The van der Waals surface area contributed by atoms with Gasteiger partial charge in [-0.25, -0.2) is 8.78 Å². The van der Waals surface area contributed by atoms with Gasteiger partial charge in [0.05, 0.1) is 36.7 Å². The van der Waals surface area contributed by atoms with Crippen LogP contribution in [0.25, 0.3) is 28.0 Å². The van der Waals surface area contributed by atoms with E-state index in [2.05, 4.69) is 42.7 Å². The smallest absolute Gasteiger partial charge is 0.257 e. The molecule has 48 heavy (non-hydrogen) atoms. The predicted molar refractivity (Wildman–Crippen MR) is 176 cm³/mol. The van der Waals surface area contributed by atoms with E-state index in [1.54, 1.807) is 20.3 Å². The van der Waals surface area contributed by atoms with Crippen LogP contribution in [-0.4, -0.2) is 63.3 Å². The summed E-state index contributed by atoms with van der Waals surface area (Å²) in [5, 5.41) is 16.1. The van der Waals surface area contributed by atoms with Crippen molar-refractivity contribution in [1.82, 2.24) is 30.1 Å². The van der Waals surface area contributed by atoms with Crippen molar-refractivity contribution < 1.29 is 23.0 Å². The Balaban J connectivity index is 1.04. The van der Waals surface area contributed by atoms with Crippen LogP contribution in [-0.2, 0) is 19.4 Å². The molecule has 6 aromatic rings. The van der Waals surface area contributed by atoms with Gasteiger partial charge in [0.1, 0.15) is 0 Å². The first-order valence-corrected chi connectivity index (χ1v) is 15.4. The molecule has 12 heteroatoms. The number of hydrogen-bond donors (Lipinski definition) is 1. The lowest BCUT2D eigenvalue weighted by atomic mass is 9.98. The number of carbonyl (C=O) groups excluding carboxylic acids is 1. The van der Waals surface area contributed by atoms with E-state index in [1.165, 1.54) is 22.1 Å². The van der Waals surface area contributed by atoms with Gasteiger partial charge < -0.3 is 14.8 Å². The summed E-state index contributed by atoms with van der Waals surface area (Å²) in [5.74, 6) is -1.26. The molecule has 0 bridgehead atoms. The minimum absolute atomic E-state index is 0.000117. The number of rotatable bonds is 9. The number of hydrogen-bond acceptors (Lipinski definition) is 8. The predicted octanol–water partition coefficient (Wildman–Crippen LogP) is 6.03. The lowest BCUT2D eigenvalue weighted by Crippen LogP contribution is -2.32. The maximum Gasteiger partial charge on any atom is 0.257 e. The highest BCUT2D eigenvalue weighted by atomic mass is 19.2. The molecule has 242 valence electrons. The number of halogens is 2. The Morgan fingerprint density at radius 3 is 2.46 bits per heavy atom. The summed E-state index contributed by atoms with van der Waals surface area (Å²) in [6.45, 7) is 2.68. The molecule has 1 aliphatic heterocycles. The van der Waals surface area contributed by atoms with Crippen LogP contribution in [0.4, 0.5) is 14.5 Å². The number of nitrogens with zero attached hydrogens (tertiary/aromatic N) is 6. The molecule has 0 spiro atoms. The molecular weight excluding hydrogens is 616 g/mol. The van der Waals surface area contributed by atoms with Crippen molar-refractivity contribution in [1.29, 1.82) is 0 Å². The number of anilines is 1. The number of pyridine rings is 1. The number of methoxy groups -OCH3 is 2. The first kappa shape index (κ1) is 30.9. The quantitative estimate of drug-likeness (QED) is 0.203. The van der Waals surface area contributed by atoms with Gasteiger partial charge in [-0.1, -0.05) is 30.3 Å². The van der Waals surface area contributed by atoms with Gasteiger partial charge >= 0.3 is 0 Å². The molecule has 1 amide bonds. The number of carbonyl (C=O) groups is 1. The van der Waals surface area contributed by atoms with Crippen LogP contribution >= 0.6 is 0 Å². The molecule has 0 unspecified atom stereocenters. The first-order chi connectivity index (χ1) is 23.4. The van der Waals surface area contributed by atoms with Gasteiger partial charge in [-0.2, -0.15) is 0 Å². The van der Waals surface area contributed by atoms with Crippen LogP contribution in [0, 0.1) is 11.6 Å². The van der Waals surface area contributed by atoms with Crippen molar-refractivity contribution in [2.24, 2.45) is 0 Å². The van der Waals surface area contributed by atoms with Crippen LogP contribution in [0.2, 0.25) is 0 Å². The highest BCUT2D eigenvalue weighted by Gasteiger charge is 2.21. The Labute approximate surface area is 274 Å². The topological polar surface area (TPSA) is 107 Å². The molecule has 0 fully saturated rings. The van der Waals surface area contributed by atoms with E-state index in [0.717, 1.165) is 72.6 Å². The third-order valence-corrected chi connectivity index (χ3v) is 8.50. The molecule has 7 rings (SSSR count). The van der Waals surface area contributed by atoms with Crippen molar-refractivity contribution in [3.63, 3.8) is 0 Å². The molecule has 2 aromatic heterocycles. The van der Waals surface area contributed by atoms with E-state index < -0.39 is 17.5 Å². The maximum atomic E-state index is 14.4. The van der Waals surface area contributed by atoms with Crippen LogP contribution in [0.3, 0.4) is 0 Å². The van der Waals surface area contributed by atoms with E-state index in [9.17, 15) is 13.6 Å². The molecule has 10 nitrogen and oxygen atoms in total. The number of aromatic nitrogens is 5. The van der Waals surface area contributed by atoms with Gasteiger partial charge in [-0.05, 0) is 77.2 Å². The summed E-state index contributed by atoms with van der Waals surface area (Å²) < 4.78 is 39.7. The van der Waals surface area contributed by atoms with Gasteiger partial charge in [-0.3, -0.25) is 14.7 Å². The Morgan fingerprint density at radius 2 is 1.67 bits per heavy atom. The van der Waals surface area contributed by atoms with Crippen molar-refractivity contribution in [3.8, 4) is 28.6 Å². The second kappa shape index (κ2) is 13.2. The molecular formula is C36H31F2N7O3. The molecule has 0 aliphatic carbocycles. The number of fused-ring (bicyclic) bond motifs is 2. The van der Waals surface area contributed by atoms with Gasteiger partial charge in [-0.15, -0.1) is 15.0 Å². The number of nitrogens with one attached hydrogen (secondary N) is 1. The monoisotopic (exact) mass is 647 g/mol. The van der Waals surface area contributed by atoms with Crippen molar-refractivity contribution in [2.45, 2.75) is 19.4 Å². The van der Waals surface area contributed by atoms with E-state index in [1.807, 2.05) is 48.5 Å². The molecule has 3 heterocycles. The Morgan fingerprint density at radius 1 is 0.917 bits per heavy atom. The SMILES string of the molecule is COc1cc2c(cc1OC)CN(CCc1ccc(-n3nnc(-c4cc(F)c(F)cc4NC(=O)c4cnc5ccccc5c4)n3)cc1)CC2. The van der Waals surface area contributed by atoms with Gasteiger partial charge in [0.15, 0.2) is 23.1 Å². The Bertz CT molecular complexity index is 2140. The van der Waals surface area contributed by atoms with E-state index in [4.69, 9.17) is 9.47 Å². The zero-order chi connectivity index (χ0) is 33.2. The van der Waals surface area contributed by atoms with Gasteiger partial charge in [0.2, 0.25) is 5.82 Å². The summed E-state index contributed by atoms with van der Waals surface area (Å²) in [4.78, 5) is 21.2. The molecule has 0 atom stereocenters. The second-order valence-electron chi connectivity index (χ2n) is 11.5. The highest BCUT2D eigenvalue weighted by molar-refractivity contribution is 6.07. The maximum absolute atomic E-state index is 14.4. The highest BCUT2D eigenvalue weighted by Crippen LogP contribution is 2.33. The van der Waals surface area contributed by atoms with E-state index in [0.29, 0.717) is 5.69 Å². The summed E-state index contributed by atoms with van der Waals surface area (Å²) in [7, 11) is 3.30. The fourth-order valence-electron chi connectivity index (χ4n) is 5.87. The summed E-state index contributed by atoms with van der Waals surface area (Å²) in [6.07, 6.45) is 3.22. The van der Waals surface area contributed by atoms with Crippen LogP contribution in [0.15, 0.2) is 85.1 Å². The molecule has 0 radical (unpaired) electrons. The molecule has 4 aromatic carbocycles. The van der Waals surface area contributed by atoms with Crippen LogP contribution in [0.5, 0.6) is 11.5 Å². The second-order valence-corrected chi connectivity index (χ2v) is 11.5. The fourth-order valence-corrected chi connectivity index (χ4v) is 5.87. The molecule has 0 saturated carbocycles. The number of ether oxygens (including phenoxy) is 2. The number of amides is 1. The summed E-state index contributed by atoms with van der Waals surface area (Å²) in [5.41, 5.74) is 5.38. The molecule has 1 aliphatic rings. The lowest BCUT2D eigenvalue weighted by Gasteiger charge is -2.29. The molecule has 1 N–H and O–H groups in total. The third-order valence-electron chi connectivity index (χ3n) is 8.50. The summed E-state index contributed by atoms with van der Waals surface area (Å²) >= 11 is 0. The van der Waals surface area contributed by atoms with Crippen molar-refractivity contribution in [2.75, 3.05) is 32.6 Å². The largest absolute Gasteiger partial charge is 0.493 e. The normalized spacial score (nSPS) is 12.9. The van der Waals surface area contributed by atoms with Crippen LogP contribution in [0.1, 0.15) is 27.0 Å². The summed E-state index contributed by atoms with van der Waals surface area (Å²) in [6, 6.07) is 22.8. The van der Waals surface area contributed by atoms with E-state index in [-0.39, 0.29) is 22.6 Å². The van der Waals surface area contributed by atoms with Gasteiger partial charge in [0.25, 0.3) is 5.91 Å². The fraction of sp³-hybridized carbons (Fsp3) is 0.194. The minimum Gasteiger partial charge on any atom is -0.493 e. The lowest BCUT2D eigenvalue weighted by molar-refractivity contribution is 0.102. The standard InChI is InChI=1S/C36H31F2N7O3/c1-47-33-16-23-12-14-44(21-26(23)17-34(33)48-2)13-11-22-7-9-27(10-8-22)45-42-35(41-43-45)28-18-29(37)30(38)19-32(28)40-36(46)25-15-24-5-3-4-6-31(24)39-20-25/h3-10,15-20H,11-14,21H2,1-2H3,(H,40,46). The average molecular weight is 648 g/mol. The van der Waals surface area contributed by atoms with Gasteiger partial charge in [0, 0.05) is 42.8 Å². The zero-order valence-corrected chi connectivity index (χ0v) is 26.3. The Hall–Kier alpha value is -5.75. The van der Waals surface area contributed by atoms with Crippen molar-refractivity contribution in [3.05, 3.63) is 119 Å². The van der Waals surface area contributed by atoms with E-state index >= 15 is 0 Å². The number of tetrazole rings is 1. The Kier molecular flexibility index (Phi) is 8.47. The zero-order valence-electron chi connectivity index (χ0n) is 26.3. The average Bonchev–Trinajstić information content (AvgIpc) is 3.61. The van der Waals surface area contributed by atoms with Crippen molar-refractivity contribution >= 4 is 22.5 Å². The minimum atomic E-state index is -1.12. The molecule has 0 saturated heterocycles. The first-order valence-electron chi connectivity index (χ1n) is 15.4. The number of benzene rings is 4. The van der Waals surface area contributed by atoms with Crippen LogP contribution < -0.4 is 14.8 Å². The number of para-hydroxylation sites is 1. The third kappa shape index (κ3) is 6.29.